The van der Waals surface area contributed by atoms with Gasteiger partial charge >= 0.3 is 0 Å². The van der Waals surface area contributed by atoms with E-state index >= 15 is 0 Å². The zero-order chi connectivity index (χ0) is 23.7. The molecular weight excluding hydrogens is 424 g/mol. The molecule has 0 amide bonds. The minimum Gasteiger partial charge on any atom is -0.393 e. The molecule has 0 aromatic heterocycles. The maximum atomic E-state index is 13.0. The highest BCUT2D eigenvalue weighted by Gasteiger charge is 2.70. The van der Waals surface area contributed by atoms with E-state index in [1.807, 2.05) is 0 Å². The summed E-state index contributed by atoms with van der Waals surface area (Å²) in [7, 11) is 2.25. The second-order valence-corrected chi connectivity index (χ2v) is 13.5. The number of hydrogen-bond donors (Lipinski definition) is 3. The van der Waals surface area contributed by atoms with E-state index in [-0.39, 0.29) is 23.0 Å². The molecule has 34 heavy (non-hydrogen) atoms. The number of piperazine rings is 2. The summed E-state index contributed by atoms with van der Waals surface area (Å²) in [4.78, 5) is 7.93. The third-order valence-corrected chi connectivity index (χ3v) is 12.4. The van der Waals surface area contributed by atoms with Gasteiger partial charge in [0.25, 0.3) is 0 Å². The first-order valence-electron chi connectivity index (χ1n) is 14.6. The van der Waals surface area contributed by atoms with Crippen molar-refractivity contribution in [3.05, 3.63) is 0 Å². The predicted molar refractivity (Wildman–Crippen MR) is 136 cm³/mol. The first kappa shape index (κ1) is 24.1. The molecule has 6 nitrogen and oxygen atoms in total. The smallest absolute Gasteiger partial charge is 0.0873 e. The second kappa shape index (κ2) is 8.66. The largest absolute Gasteiger partial charge is 0.393 e. The summed E-state index contributed by atoms with van der Waals surface area (Å²) in [5.41, 5.74) is -0.601. The Hall–Kier alpha value is -0.240. The van der Waals surface area contributed by atoms with Crippen LogP contribution in [0.1, 0.15) is 65.2 Å². The minimum atomic E-state index is -0.608. The van der Waals surface area contributed by atoms with Crippen LogP contribution in [0.3, 0.4) is 0 Å². The van der Waals surface area contributed by atoms with Crippen molar-refractivity contribution in [3.8, 4) is 0 Å². The van der Waals surface area contributed by atoms with Gasteiger partial charge in [0.05, 0.1) is 11.7 Å². The van der Waals surface area contributed by atoms with E-state index in [9.17, 15) is 10.2 Å². The lowest BCUT2D eigenvalue weighted by molar-refractivity contribution is -0.262. The molecule has 2 heterocycles. The molecule has 0 aromatic carbocycles. The molecule has 0 radical (unpaired) electrons. The number of aliphatic hydroxyl groups is 2. The Morgan fingerprint density at radius 3 is 2.24 bits per heavy atom. The Morgan fingerprint density at radius 2 is 1.50 bits per heavy atom. The normalized spacial score (nSPS) is 53.2. The zero-order valence-corrected chi connectivity index (χ0v) is 22.0. The van der Waals surface area contributed by atoms with Crippen LogP contribution in [0.5, 0.6) is 0 Å². The summed E-state index contributed by atoms with van der Waals surface area (Å²) in [5, 5.41) is 27.5. The van der Waals surface area contributed by atoms with Gasteiger partial charge < -0.3 is 20.4 Å². The number of hydrogen-bond acceptors (Lipinski definition) is 6. The molecule has 2 aliphatic heterocycles. The van der Waals surface area contributed by atoms with E-state index < -0.39 is 5.60 Å². The fourth-order valence-corrected chi connectivity index (χ4v) is 10.4. The first-order chi connectivity index (χ1) is 16.3. The van der Waals surface area contributed by atoms with E-state index in [1.165, 1.54) is 19.3 Å². The van der Waals surface area contributed by atoms with E-state index in [0.717, 1.165) is 84.5 Å². The van der Waals surface area contributed by atoms with Crippen LogP contribution in [-0.2, 0) is 0 Å². The Bertz CT molecular complexity index is 753. The van der Waals surface area contributed by atoms with Gasteiger partial charge in [0.2, 0.25) is 0 Å². The molecule has 0 spiro atoms. The molecule has 3 N–H and O–H groups in total. The fourth-order valence-electron chi connectivity index (χ4n) is 10.4. The average Bonchev–Trinajstić information content (AvgIpc) is 3.14. The molecule has 194 valence electrons. The maximum absolute atomic E-state index is 13.0. The van der Waals surface area contributed by atoms with Crippen LogP contribution >= 0.6 is 0 Å². The van der Waals surface area contributed by atoms with Crippen molar-refractivity contribution in [1.29, 1.82) is 0 Å². The molecule has 4 unspecified atom stereocenters. The molecule has 0 bridgehead atoms. The van der Waals surface area contributed by atoms with E-state index in [2.05, 4.69) is 40.9 Å². The van der Waals surface area contributed by atoms with E-state index in [1.54, 1.807) is 0 Å². The standard InChI is InChI=1S/C28H50N4O2/c1-26-10-8-22-20(21(26)6-7-25(26)33)19-24(31-13-11-29-12-14-31)28(34)9-4-5-23(27(22,28)2)32-17-15-30(3)16-18-32/h20-25,29,33-34H,4-19H2,1-3H3/t20-,21-,22+,23?,24?,25?,26-,27-,28?/m0/s1. The summed E-state index contributed by atoms with van der Waals surface area (Å²) in [6.45, 7) is 13.7. The first-order valence-corrected chi connectivity index (χ1v) is 14.6. The molecule has 0 aromatic rings. The number of likely N-dealkylation sites (N-methyl/N-ethyl adjacent to an activating group) is 1. The van der Waals surface area contributed by atoms with Gasteiger partial charge in [-0.2, -0.15) is 0 Å². The highest BCUT2D eigenvalue weighted by molar-refractivity contribution is 5.21. The van der Waals surface area contributed by atoms with Gasteiger partial charge in [-0.05, 0) is 81.6 Å². The number of nitrogens with one attached hydrogen (secondary N) is 1. The molecule has 6 rings (SSSR count). The van der Waals surface area contributed by atoms with Crippen molar-refractivity contribution in [2.24, 2.45) is 28.6 Å². The maximum Gasteiger partial charge on any atom is 0.0873 e. The molecule has 6 heteroatoms. The molecule has 4 aliphatic carbocycles. The highest BCUT2D eigenvalue weighted by atomic mass is 16.3. The Morgan fingerprint density at radius 1 is 0.794 bits per heavy atom. The van der Waals surface area contributed by atoms with Crippen molar-refractivity contribution < 1.29 is 10.2 Å². The van der Waals surface area contributed by atoms with Crippen LogP contribution in [0.25, 0.3) is 0 Å². The van der Waals surface area contributed by atoms with Gasteiger partial charge in [-0.25, -0.2) is 0 Å². The lowest BCUT2D eigenvalue weighted by Gasteiger charge is -2.70. The lowest BCUT2D eigenvalue weighted by Crippen LogP contribution is -2.77. The summed E-state index contributed by atoms with van der Waals surface area (Å²) >= 11 is 0. The van der Waals surface area contributed by atoms with Crippen LogP contribution in [0.15, 0.2) is 0 Å². The Balaban J connectivity index is 1.41. The second-order valence-electron chi connectivity index (χ2n) is 13.5. The lowest BCUT2D eigenvalue weighted by atomic mass is 9.41. The third kappa shape index (κ3) is 3.35. The van der Waals surface area contributed by atoms with Crippen molar-refractivity contribution in [2.45, 2.75) is 89.0 Å². The van der Waals surface area contributed by atoms with Crippen molar-refractivity contribution in [1.82, 2.24) is 20.0 Å². The molecule has 6 fully saturated rings. The van der Waals surface area contributed by atoms with Crippen LogP contribution < -0.4 is 5.32 Å². The van der Waals surface area contributed by atoms with Crippen molar-refractivity contribution in [2.75, 3.05) is 59.4 Å². The summed E-state index contributed by atoms with van der Waals surface area (Å²) in [6, 6.07) is 0.741. The van der Waals surface area contributed by atoms with Crippen molar-refractivity contribution >= 4 is 0 Å². The van der Waals surface area contributed by atoms with Crippen LogP contribution in [0, 0.1) is 28.6 Å². The molecule has 9 atom stereocenters. The van der Waals surface area contributed by atoms with Crippen LogP contribution in [-0.4, -0.2) is 108 Å². The summed E-state index contributed by atoms with van der Waals surface area (Å²) in [5.74, 6) is 1.82. The van der Waals surface area contributed by atoms with Gasteiger partial charge in [-0.1, -0.05) is 13.8 Å². The van der Waals surface area contributed by atoms with Gasteiger partial charge in [0.15, 0.2) is 0 Å². The molecule has 2 saturated heterocycles. The van der Waals surface area contributed by atoms with Gasteiger partial charge in [0, 0.05) is 69.9 Å². The number of rotatable bonds is 2. The summed E-state index contributed by atoms with van der Waals surface area (Å²) < 4.78 is 0. The van der Waals surface area contributed by atoms with Gasteiger partial charge in [0.1, 0.15) is 0 Å². The van der Waals surface area contributed by atoms with Crippen LogP contribution in [0.2, 0.25) is 0 Å². The monoisotopic (exact) mass is 474 g/mol. The van der Waals surface area contributed by atoms with Gasteiger partial charge in [-0.3, -0.25) is 9.80 Å². The number of fused-ring (bicyclic) bond motifs is 5. The van der Waals surface area contributed by atoms with Crippen molar-refractivity contribution in [3.63, 3.8) is 0 Å². The highest BCUT2D eigenvalue weighted by Crippen LogP contribution is 2.68. The Labute approximate surface area is 207 Å². The SMILES string of the molecule is CN1CCN(C2CCCC3(O)C(N4CCNCC4)C[C@@H]4[C@@H](CC[C@]5(C)C(O)CC[C@@H]45)[C@@]23C)CC1. The summed E-state index contributed by atoms with van der Waals surface area (Å²) in [6.07, 6.45) is 8.85. The molecule has 6 aliphatic rings. The van der Waals surface area contributed by atoms with Gasteiger partial charge in [-0.15, -0.1) is 0 Å². The minimum absolute atomic E-state index is 0.0749. The van der Waals surface area contributed by atoms with E-state index in [0.29, 0.717) is 23.8 Å². The molecular formula is C28H50N4O2. The quantitative estimate of drug-likeness (QED) is 0.569. The topological polar surface area (TPSA) is 62.2 Å². The Kier molecular flexibility index (Phi) is 6.15. The fraction of sp³-hybridized carbons (Fsp3) is 1.00. The third-order valence-electron chi connectivity index (χ3n) is 12.4. The number of aliphatic hydroxyl groups excluding tert-OH is 1. The van der Waals surface area contributed by atoms with Crippen LogP contribution in [0.4, 0.5) is 0 Å². The predicted octanol–water partition coefficient (Wildman–Crippen LogP) is 2.00. The molecule has 4 saturated carbocycles. The van der Waals surface area contributed by atoms with E-state index in [4.69, 9.17) is 0 Å². The number of nitrogens with zero attached hydrogens (tertiary/aromatic N) is 3. The average molecular weight is 475 g/mol. The zero-order valence-electron chi connectivity index (χ0n) is 22.0.